The summed E-state index contributed by atoms with van der Waals surface area (Å²) in [6.45, 7) is 8.64. The number of esters is 1. The molecule has 0 heterocycles. The van der Waals surface area contributed by atoms with Crippen molar-refractivity contribution >= 4 is 5.97 Å². The van der Waals surface area contributed by atoms with E-state index in [1.807, 2.05) is 6.92 Å². The largest absolute Gasteiger partial charge is 0.486 e. The minimum Gasteiger partial charge on any atom is -0.486 e. The zero-order valence-electron chi connectivity index (χ0n) is 14.9. The molecule has 3 nitrogen and oxygen atoms in total. The van der Waals surface area contributed by atoms with Crippen molar-refractivity contribution in [3.63, 3.8) is 0 Å². The standard InChI is InChI=1S/C21H26O3/c1-5-23-21(22)19-10-12-20(13-11-19)24-16(4)18-8-6-17(7-9-18)14-15(2)3/h6-13,15-16H,5,14H2,1-4H3/t16-/m1/s1. The third kappa shape index (κ3) is 5.12. The van der Waals surface area contributed by atoms with Crippen molar-refractivity contribution in [2.45, 2.75) is 40.2 Å². The lowest BCUT2D eigenvalue weighted by molar-refractivity contribution is 0.0526. The maximum absolute atomic E-state index is 11.6. The SMILES string of the molecule is CCOC(=O)c1ccc(O[C@H](C)c2ccc(CC(C)C)cc2)cc1. The van der Waals surface area contributed by atoms with Gasteiger partial charge in [-0.05, 0) is 61.6 Å². The number of carbonyl (C=O) groups excluding carboxylic acids is 1. The van der Waals surface area contributed by atoms with Crippen molar-refractivity contribution in [3.05, 3.63) is 65.2 Å². The number of hydrogen-bond acceptors (Lipinski definition) is 3. The Hall–Kier alpha value is -2.29. The summed E-state index contributed by atoms with van der Waals surface area (Å²) in [6, 6.07) is 15.6. The van der Waals surface area contributed by atoms with Crippen molar-refractivity contribution in [3.8, 4) is 5.75 Å². The van der Waals surface area contributed by atoms with Gasteiger partial charge in [0.1, 0.15) is 11.9 Å². The van der Waals surface area contributed by atoms with Crippen molar-refractivity contribution < 1.29 is 14.3 Å². The minimum absolute atomic E-state index is 0.0495. The lowest BCUT2D eigenvalue weighted by Crippen LogP contribution is -2.06. The van der Waals surface area contributed by atoms with Crippen LogP contribution in [0.25, 0.3) is 0 Å². The van der Waals surface area contributed by atoms with E-state index in [4.69, 9.17) is 9.47 Å². The fourth-order valence-corrected chi connectivity index (χ4v) is 2.55. The van der Waals surface area contributed by atoms with Crippen LogP contribution >= 0.6 is 0 Å². The van der Waals surface area contributed by atoms with Gasteiger partial charge in [-0.2, -0.15) is 0 Å². The summed E-state index contributed by atoms with van der Waals surface area (Å²) < 4.78 is 10.9. The highest BCUT2D eigenvalue weighted by molar-refractivity contribution is 5.89. The molecular weight excluding hydrogens is 300 g/mol. The van der Waals surface area contributed by atoms with Gasteiger partial charge in [-0.15, -0.1) is 0 Å². The van der Waals surface area contributed by atoms with Crippen molar-refractivity contribution in [2.24, 2.45) is 5.92 Å². The first kappa shape index (κ1) is 18.1. The third-order valence-corrected chi connectivity index (χ3v) is 3.77. The summed E-state index contributed by atoms with van der Waals surface area (Å²) in [5.74, 6) is 1.09. The van der Waals surface area contributed by atoms with E-state index in [9.17, 15) is 4.79 Å². The predicted molar refractivity (Wildman–Crippen MR) is 96.4 cm³/mol. The van der Waals surface area contributed by atoms with Crippen LogP contribution in [-0.4, -0.2) is 12.6 Å². The molecular formula is C21H26O3. The molecule has 0 aliphatic rings. The molecule has 128 valence electrons. The van der Waals surface area contributed by atoms with Gasteiger partial charge in [0.15, 0.2) is 0 Å². The van der Waals surface area contributed by atoms with Gasteiger partial charge in [0.25, 0.3) is 0 Å². The zero-order chi connectivity index (χ0) is 17.5. The Balaban J connectivity index is 1.98. The third-order valence-electron chi connectivity index (χ3n) is 3.77. The van der Waals surface area contributed by atoms with Gasteiger partial charge in [0.2, 0.25) is 0 Å². The number of ether oxygens (including phenoxy) is 2. The molecule has 3 heteroatoms. The normalized spacial score (nSPS) is 12.0. The molecule has 2 aromatic carbocycles. The first-order valence-electron chi connectivity index (χ1n) is 8.52. The maximum atomic E-state index is 11.6. The summed E-state index contributed by atoms with van der Waals surface area (Å²) in [5.41, 5.74) is 3.02. The molecule has 0 spiro atoms. The molecule has 1 atom stereocenters. The average Bonchev–Trinajstić information content (AvgIpc) is 2.56. The molecule has 0 aromatic heterocycles. The second-order valence-electron chi connectivity index (χ2n) is 6.34. The minimum atomic E-state index is -0.308. The Labute approximate surface area is 144 Å². The van der Waals surface area contributed by atoms with Crippen LogP contribution in [0.1, 0.15) is 55.3 Å². The molecule has 0 aliphatic heterocycles. The van der Waals surface area contributed by atoms with E-state index in [1.165, 1.54) is 5.56 Å². The van der Waals surface area contributed by atoms with Crippen LogP contribution in [0.4, 0.5) is 0 Å². The van der Waals surface area contributed by atoms with Gasteiger partial charge in [-0.3, -0.25) is 0 Å². The van der Waals surface area contributed by atoms with Crippen molar-refractivity contribution in [1.29, 1.82) is 0 Å². The van der Waals surface area contributed by atoms with Crippen LogP contribution < -0.4 is 4.74 Å². The highest BCUT2D eigenvalue weighted by Gasteiger charge is 2.10. The highest BCUT2D eigenvalue weighted by atomic mass is 16.5. The Kier molecular flexibility index (Phi) is 6.42. The highest BCUT2D eigenvalue weighted by Crippen LogP contribution is 2.23. The molecule has 0 N–H and O–H groups in total. The van der Waals surface area contributed by atoms with Gasteiger partial charge in [-0.1, -0.05) is 38.1 Å². The maximum Gasteiger partial charge on any atom is 0.338 e. The molecule has 0 saturated carbocycles. The molecule has 0 saturated heterocycles. The molecule has 24 heavy (non-hydrogen) atoms. The zero-order valence-corrected chi connectivity index (χ0v) is 14.9. The lowest BCUT2D eigenvalue weighted by atomic mass is 10.0. The van der Waals surface area contributed by atoms with Crippen LogP contribution in [0.3, 0.4) is 0 Å². The first-order chi connectivity index (χ1) is 11.5. The Bertz CT molecular complexity index is 642. The summed E-state index contributed by atoms with van der Waals surface area (Å²) >= 11 is 0. The number of hydrogen-bond donors (Lipinski definition) is 0. The van der Waals surface area contributed by atoms with Gasteiger partial charge in [-0.25, -0.2) is 4.79 Å². The molecule has 0 amide bonds. The molecule has 0 unspecified atom stereocenters. The van der Waals surface area contributed by atoms with E-state index in [2.05, 4.69) is 38.1 Å². The van der Waals surface area contributed by atoms with E-state index in [0.29, 0.717) is 18.1 Å². The molecule has 0 bridgehead atoms. The molecule has 2 aromatic rings. The molecule has 0 aliphatic carbocycles. The Morgan fingerprint density at radius 3 is 2.12 bits per heavy atom. The predicted octanol–water partition coefficient (Wildman–Crippen LogP) is 5.20. The number of carbonyl (C=O) groups is 1. The first-order valence-corrected chi connectivity index (χ1v) is 8.52. The van der Waals surface area contributed by atoms with E-state index in [-0.39, 0.29) is 12.1 Å². The number of benzene rings is 2. The van der Waals surface area contributed by atoms with Crippen molar-refractivity contribution in [2.75, 3.05) is 6.61 Å². The van der Waals surface area contributed by atoms with Crippen LogP contribution in [0.15, 0.2) is 48.5 Å². The van der Waals surface area contributed by atoms with Gasteiger partial charge < -0.3 is 9.47 Å². The summed E-state index contributed by atoms with van der Waals surface area (Å²) in [6.07, 6.45) is 1.04. The van der Waals surface area contributed by atoms with Crippen LogP contribution in [0.2, 0.25) is 0 Å². The van der Waals surface area contributed by atoms with E-state index < -0.39 is 0 Å². The Morgan fingerprint density at radius 2 is 1.58 bits per heavy atom. The van der Waals surface area contributed by atoms with Crippen LogP contribution in [0.5, 0.6) is 5.75 Å². The quantitative estimate of drug-likeness (QED) is 0.656. The van der Waals surface area contributed by atoms with Gasteiger partial charge in [0, 0.05) is 0 Å². The monoisotopic (exact) mass is 326 g/mol. The molecule has 0 fully saturated rings. The second-order valence-corrected chi connectivity index (χ2v) is 6.34. The number of rotatable bonds is 7. The fraction of sp³-hybridized carbons (Fsp3) is 0.381. The van der Waals surface area contributed by atoms with Gasteiger partial charge in [0.05, 0.1) is 12.2 Å². The van der Waals surface area contributed by atoms with E-state index >= 15 is 0 Å². The van der Waals surface area contributed by atoms with Crippen molar-refractivity contribution in [1.82, 2.24) is 0 Å². The van der Waals surface area contributed by atoms with Gasteiger partial charge >= 0.3 is 5.97 Å². The summed E-state index contributed by atoms with van der Waals surface area (Å²) in [4.78, 5) is 11.6. The lowest BCUT2D eigenvalue weighted by Gasteiger charge is -2.16. The van der Waals surface area contributed by atoms with E-state index in [0.717, 1.165) is 17.7 Å². The second kappa shape index (κ2) is 8.53. The van der Waals surface area contributed by atoms with E-state index in [1.54, 1.807) is 31.2 Å². The smallest absolute Gasteiger partial charge is 0.338 e. The Morgan fingerprint density at radius 1 is 0.958 bits per heavy atom. The topological polar surface area (TPSA) is 35.5 Å². The van der Waals surface area contributed by atoms with Crippen LogP contribution in [-0.2, 0) is 11.2 Å². The average molecular weight is 326 g/mol. The fourth-order valence-electron chi connectivity index (χ4n) is 2.55. The van der Waals surface area contributed by atoms with Crippen LogP contribution in [0, 0.1) is 5.92 Å². The molecule has 0 radical (unpaired) electrons. The summed E-state index contributed by atoms with van der Waals surface area (Å²) in [7, 11) is 0. The summed E-state index contributed by atoms with van der Waals surface area (Å²) in [5, 5.41) is 0. The molecule has 2 rings (SSSR count).